The summed E-state index contributed by atoms with van der Waals surface area (Å²) in [6, 6.07) is 11.4. The van der Waals surface area contributed by atoms with E-state index in [-0.39, 0.29) is 24.8 Å². The largest absolute Gasteiger partial charge is 0.417 e. The number of hydrogen-bond acceptors (Lipinski definition) is 3. The van der Waals surface area contributed by atoms with E-state index < -0.39 is 26.7 Å². The third-order valence-electron chi connectivity index (χ3n) is 4.59. The summed E-state index contributed by atoms with van der Waals surface area (Å²) in [6.45, 7) is 2.10. The molecule has 1 atom stereocenters. The Bertz CT molecular complexity index is 973. The Kier molecular flexibility index (Phi) is 5.49. The van der Waals surface area contributed by atoms with E-state index >= 15 is 0 Å². The smallest absolute Gasteiger partial charge is 0.312 e. The monoisotopic (exact) mass is 412 g/mol. The van der Waals surface area contributed by atoms with Crippen molar-refractivity contribution in [1.82, 2.24) is 4.72 Å². The van der Waals surface area contributed by atoms with Gasteiger partial charge in [0.2, 0.25) is 15.9 Å². The van der Waals surface area contributed by atoms with E-state index in [1.54, 1.807) is 17.0 Å². The second-order valence-corrected chi connectivity index (χ2v) is 8.49. The van der Waals surface area contributed by atoms with Crippen LogP contribution in [0, 0.1) is 12.8 Å². The first-order chi connectivity index (χ1) is 13.1. The highest BCUT2D eigenvalue weighted by molar-refractivity contribution is 7.89. The lowest BCUT2D eigenvalue weighted by molar-refractivity contribution is -0.139. The second-order valence-electron chi connectivity index (χ2n) is 6.76. The molecule has 0 bridgehead atoms. The minimum Gasteiger partial charge on any atom is -0.312 e. The van der Waals surface area contributed by atoms with E-state index in [0.29, 0.717) is 12.2 Å². The quantitative estimate of drug-likeness (QED) is 0.819. The van der Waals surface area contributed by atoms with Gasteiger partial charge in [-0.3, -0.25) is 4.79 Å². The van der Waals surface area contributed by atoms with Gasteiger partial charge in [-0.2, -0.15) is 13.2 Å². The van der Waals surface area contributed by atoms with Gasteiger partial charge in [0.15, 0.2) is 0 Å². The van der Waals surface area contributed by atoms with Crippen LogP contribution < -0.4 is 9.62 Å². The lowest BCUT2D eigenvalue weighted by Crippen LogP contribution is -2.32. The molecule has 0 aliphatic carbocycles. The number of sulfonamides is 1. The molecule has 1 heterocycles. The van der Waals surface area contributed by atoms with E-state index in [9.17, 15) is 26.4 Å². The van der Waals surface area contributed by atoms with Crippen LogP contribution in [0.1, 0.15) is 17.5 Å². The minimum absolute atomic E-state index is 0.122. The van der Waals surface area contributed by atoms with Crippen molar-refractivity contribution in [1.29, 1.82) is 0 Å². The average molecular weight is 412 g/mol. The summed E-state index contributed by atoms with van der Waals surface area (Å²) in [5.74, 6) is -0.481. The molecule has 2 aromatic carbocycles. The van der Waals surface area contributed by atoms with Gasteiger partial charge in [0.05, 0.1) is 10.5 Å². The zero-order chi connectivity index (χ0) is 20.5. The van der Waals surface area contributed by atoms with Crippen molar-refractivity contribution in [2.24, 2.45) is 5.92 Å². The highest BCUT2D eigenvalue weighted by Gasteiger charge is 2.37. The normalized spacial score (nSPS) is 17.9. The first-order valence-corrected chi connectivity index (χ1v) is 10.1. The van der Waals surface area contributed by atoms with Gasteiger partial charge < -0.3 is 4.90 Å². The van der Waals surface area contributed by atoms with E-state index in [4.69, 9.17) is 0 Å². The molecule has 2 aromatic rings. The van der Waals surface area contributed by atoms with Gasteiger partial charge >= 0.3 is 6.18 Å². The first-order valence-electron chi connectivity index (χ1n) is 8.61. The number of halogens is 3. The molecule has 1 saturated heterocycles. The third-order valence-corrected chi connectivity index (χ3v) is 6.08. The molecule has 1 aliphatic heterocycles. The van der Waals surface area contributed by atoms with Crippen LogP contribution in [-0.4, -0.2) is 27.4 Å². The molecule has 1 N–H and O–H groups in total. The number of nitrogens with one attached hydrogen (secondary N) is 1. The lowest BCUT2D eigenvalue weighted by atomic mass is 10.1. The SMILES string of the molecule is Cc1ccc(N2C[C@@H](CNS(=O)(=O)c3ccccc3C(F)(F)F)CC2=O)cc1. The number of alkyl halides is 3. The number of carbonyl (C=O) groups is 1. The van der Waals surface area contributed by atoms with Gasteiger partial charge in [-0.1, -0.05) is 29.8 Å². The number of hydrogen-bond donors (Lipinski definition) is 1. The van der Waals surface area contributed by atoms with Crippen molar-refractivity contribution in [2.75, 3.05) is 18.0 Å². The molecule has 0 saturated carbocycles. The molecule has 9 heteroatoms. The van der Waals surface area contributed by atoms with Crippen LogP contribution >= 0.6 is 0 Å². The molecule has 0 spiro atoms. The number of rotatable bonds is 5. The number of amides is 1. The Balaban J connectivity index is 1.71. The van der Waals surface area contributed by atoms with Crippen molar-refractivity contribution >= 4 is 21.6 Å². The van der Waals surface area contributed by atoms with Gasteiger partial charge in [0, 0.05) is 25.2 Å². The number of carbonyl (C=O) groups excluding carboxylic acids is 1. The van der Waals surface area contributed by atoms with E-state index in [2.05, 4.69) is 4.72 Å². The van der Waals surface area contributed by atoms with Crippen molar-refractivity contribution in [3.05, 3.63) is 59.7 Å². The Morgan fingerprint density at radius 2 is 1.75 bits per heavy atom. The molecular weight excluding hydrogens is 393 g/mol. The predicted molar refractivity (Wildman–Crippen MR) is 98.3 cm³/mol. The first kappa shape index (κ1) is 20.3. The van der Waals surface area contributed by atoms with E-state index in [1.807, 2.05) is 19.1 Å². The number of anilines is 1. The number of nitrogens with zero attached hydrogens (tertiary/aromatic N) is 1. The van der Waals surface area contributed by atoms with Gasteiger partial charge in [-0.25, -0.2) is 13.1 Å². The second kappa shape index (κ2) is 7.56. The van der Waals surface area contributed by atoms with Crippen LogP contribution in [0.2, 0.25) is 0 Å². The maximum absolute atomic E-state index is 13.1. The Morgan fingerprint density at radius 1 is 1.11 bits per heavy atom. The van der Waals surface area contributed by atoms with Crippen molar-refractivity contribution in [3.63, 3.8) is 0 Å². The summed E-state index contributed by atoms with van der Waals surface area (Å²) in [5.41, 5.74) is 0.540. The van der Waals surface area contributed by atoms with Crippen LogP contribution in [0.3, 0.4) is 0 Å². The molecule has 28 heavy (non-hydrogen) atoms. The molecular formula is C19H19F3N2O3S. The zero-order valence-corrected chi connectivity index (χ0v) is 15.8. The third kappa shape index (κ3) is 4.36. The van der Waals surface area contributed by atoms with Crippen LogP contribution in [0.15, 0.2) is 53.4 Å². The van der Waals surface area contributed by atoms with Crippen LogP contribution in [-0.2, 0) is 21.0 Å². The standard InChI is InChI=1S/C19H19F3N2O3S/c1-13-6-8-15(9-7-13)24-12-14(10-18(24)25)11-23-28(26,27)17-5-3-2-4-16(17)19(20,21)22/h2-9,14,23H,10-12H2,1H3/t14-/m1/s1. The summed E-state index contributed by atoms with van der Waals surface area (Å²) >= 11 is 0. The molecule has 1 amide bonds. The molecule has 1 aliphatic rings. The summed E-state index contributed by atoms with van der Waals surface area (Å²) in [7, 11) is -4.37. The van der Waals surface area contributed by atoms with Crippen molar-refractivity contribution in [3.8, 4) is 0 Å². The summed E-state index contributed by atoms with van der Waals surface area (Å²) in [4.78, 5) is 13.0. The molecule has 0 radical (unpaired) electrons. The average Bonchev–Trinajstić information content (AvgIpc) is 3.01. The van der Waals surface area contributed by atoms with Gasteiger partial charge in [-0.15, -0.1) is 0 Å². The number of benzene rings is 2. The summed E-state index contributed by atoms with van der Waals surface area (Å²) in [6.07, 6.45) is -4.66. The summed E-state index contributed by atoms with van der Waals surface area (Å²) < 4.78 is 66.3. The van der Waals surface area contributed by atoms with Crippen LogP contribution in [0.5, 0.6) is 0 Å². The molecule has 0 unspecified atom stereocenters. The maximum Gasteiger partial charge on any atom is 0.417 e. The fourth-order valence-electron chi connectivity index (χ4n) is 3.13. The maximum atomic E-state index is 13.1. The fraction of sp³-hybridized carbons (Fsp3) is 0.316. The number of aryl methyl sites for hydroxylation is 1. The molecule has 150 valence electrons. The Hall–Kier alpha value is -2.39. The lowest BCUT2D eigenvalue weighted by Gasteiger charge is -2.18. The van der Waals surface area contributed by atoms with Crippen molar-refractivity contribution < 1.29 is 26.4 Å². The molecule has 5 nitrogen and oxygen atoms in total. The van der Waals surface area contributed by atoms with E-state index in [0.717, 1.165) is 23.8 Å². The highest BCUT2D eigenvalue weighted by Crippen LogP contribution is 2.34. The Labute approximate surface area is 161 Å². The molecule has 1 fully saturated rings. The van der Waals surface area contributed by atoms with Crippen LogP contribution in [0.25, 0.3) is 0 Å². The fourth-order valence-corrected chi connectivity index (χ4v) is 4.47. The summed E-state index contributed by atoms with van der Waals surface area (Å²) in [5, 5.41) is 0. The van der Waals surface area contributed by atoms with E-state index in [1.165, 1.54) is 6.07 Å². The van der Waals surface area contributed by atoms with Crippen LogP contribution in [0.4, 0.5) is 18.9 Å². The minimum atomic E-state index is -4.78. The van der Waals surface area contributed by atoms with Gasteiger partial charge in [0.25, 0.3) is 0 Å². The molecule has 3 rings (SSSR count). The predicted octanol–water partition coefficient (Wildman–Crippen LogP) is 3.35. The molecule has 0 aromatic heterocycles. The van der Waals surface area contributed by atoms with Gasteiger partial charge in [0.1, 0.15) is 0 Å². The topological polar surface area (TPSA) is 66.5 Å². The highest BCUT2D eigenvalue weighted by atomic mass is 32.2. The zero-order valence-electron chi connectivity index (χ0n) is 15.0. The Morgan fingerprint density at radius 3 is 2.39 bits per heavy atom. The van der Waals surface area contributed by atoms with Gasteiger partial charge in [-0.05, 0) is 37.1 Å². The van der Waals surface area contributed by atoms with Crippen molar-refractivity contribution in [2.45, 2.75) is 24.4 Å².